The summed E-state index contributed by atoms with van der Waals surface area (Å²) in [6.07, 6.45) is 0.231. The molecule has 1 saturated heterocycles. The zero-order chi connectivity index (χ0) is 12.8. The first-order valence-electron chi connectivity index (χ1n) is 5.78. The second-order valence-corrected chi connectivity index (χ2v) is 4.46. The maximum atomic E-state index is 12.6. The third kappa shape index (κ3) is 1.86. The summed E-state index contributed by atoms with van der Waals surface area (Å²) in [6, 6.07) is 1.35. The van der Waals surface area contributed by atoms with Gasteiger partial charge in [-0.15, -0.1) is 0 Å². The number of hydrogen-bond acceptors (Lipinski definition) is 3. The molecule has 0 amide bonds. The zero-order valence-corrected chi connectivity index (χ0v) is 9.54. The van der Waals surface area contributed by atoms with Crippen molar-refractivity contribution >= 4 is 11.9 Å². The van der Waals surface area contributed by atoms with Crippen LogP contribution in [-0.4, -0.2) is 30.7 Å². The Labute approximate surface area is 102 Å². The Hall–Kier alpha value is -1.56. The van der Waals surface area contributed by atoms with Gasteiger partial charge in [-0.25, -0.2) is 4.98 Å². The number of nitrogens with zero attached hydrogens (tertiary/aromatic N) is 2. The Balaban J connectivity index is 2.01. The SMILES string of the molecule is FC(F)(F)c1cnc2c(c1)C=CC1CNCCN21. The van der Waals surface area contributed by atoms with Crippen LogP contribution < -0.4 is 10.2 Å². The molecule has 0 aliphatic carbocycles. The summed E-state index contributed by atoms with van der Waals surface area (Å²) in [4.78, 5) is 6.04. The number of piperazine rings is 1. The van der Waals surface area contributed by atoms with Gasteiger partial charge >= 0.3 is 6.18 Å². The molecule has 0 radical (unpaired) electrons. The predicted octanol–water partition coefficient (Wildman–Crippen LogP) is 1.91. The molecule has 3 nitrogen and oxygen atoms in total. The van der Waals surface area contributed by atoms with Gasteiger partial charge in [-0.05, 0) is 6.07 Å². The Morgan fingerprint density at radius 3 is 3.00 bits per heavy atom. The van der Waals surface area contributed by atoms with Crippen molar-refractivity contribution in [2.75, 3.05) is 24.5 Å². The van der Waals surface area contributed by atoms with Crippen molar-refractivity contribution in [1.29, 1.82) is 0 Å². The molecule has 18 heavy (non-hydrogen) atoms. The van der Waals surface area contributed by atoms with Crippen LogP contribution in [0.3, 0.4) is 0 Å². The zero-order valence-electron chi connectivity index (χ0n) is 9.54. The molecule has 0 bridgehead atoms. The minimum absolute atomic E-state index is 0.190. The van der Waals surface area contributed by atoms with Crippen LogP contribution >= 0.6 is 0 Å². The molecule has 3 rings (SSSR count). The second-order valence-electron chi connectivity index (χ2n) is 4.46. The molecule has 1 fully saturated rings. The first-order chi connectivity index (χ1) is 8.55. The Morgan fingerprint density at radius 2 is 2.22 bits per heavy atom. The number of aromatic nitrogens is 1. The number of alkyl halides is 3. The molecule has 0 saturated carbocycles. The van der Waals surface area contributed by atoms with E-state index in [1.165, 1.54) is 0 Å². The molecule has 1 atom stereocenters. The highest BCUT2D eigenvalue weighted by Gasteiger charge is 2.33. The number of halogens is 3. The van der Waals surface area contributed by atoms with Gasteiger partial charge in [0, 0.05) is 31.4 Å². The van der Waals surface area contributed by atoms with Crippen molar-refractivity contribution in [3.8, 4) is 0 Å². The summed E-state index contributed by atoms with van der Waals surface area (Å²) in [5.74, 6) is 0.650. The van der Waals surface area contributed by atoms with E-state index >= 15 is 0 Å². The van der Waals surface area contributed by atoms with Gasteiger partial charge in [0.25, 0.3) is 0 Å². The van der Waals surface area contributed by atoms with Gasteiger partial charge in [0.2, 0.25) is 0 Å². The van der Waals surface area contributed by atoms with Gasteiger partial charge in [-0.3, -0.25) is 0 Å². The molecule has 1 aromatic heterocycles. The van der Waals surface area contributed by atoms with Gasteiger partial charge in [-0.1, -0.05) is 12.2 Å². The van der Waals surface area contributed by atoms with Crippen molar-refractivity contribution in [1.82, 2.24) is 10.3 Å². The molecule has 2 aliphatic heterocycles. The number of anilines is 1. The highest BCUT2D eigenvalue weighted by Crippen LogP contribution is 2.34. The van der Waals surface area contributed by atoms with Gasteiger partial charge in [-0.2, -0.15) is 13.2 Å². The molecule has 1 aromatic rings. The summed E-state index contributed by atoms with van der Waals surface area (Å²) in [7, 11) is 0. The second kappa shape index (κ2) is 3.98. The average Bonchev–Trinajstić information content (AvgIpc) is 2.37. The van der Waals surface area contributed by atoms with Gasteiger partial charge in [0.05, 0.1) is 11.6 Å². The van der Waals surface area contributed by atoms with Crippen molar-refractivity contribution in [2.45, 2.75) is 12.2 Å². The van der Waals surface area contributed by atoms with Crippen LogP contribution in [0.5, 0.6) is 0 Å². The molecule has 0 spiro atoms. The minimum Gasteiger partial charge on any atom is -0.347 e. The van der Waals surface area contributed by atoms with Crippen LogP contribution in [0.2, 0.25) is 0 Å². The fourth-order valence-electron chi connectivity index (χ4n) is 2.37. The van der Waals surface area contributed by atoms with Crippen LogP contribution in [0, 0.1) is 0 Å². The Bertz CT molecular complexity index is 496. The first kappa shape index (κ1) is 11.5. The lowest BCUT2D eigenvalue weighted by Crippen LogP contribution is -2.51. The maximum Gasteiger partial charge on any atom is 0.417 e. The molecule has 96 valence electrons. The van der Waals surface area contributed by atoms with E-state index in [9.17, 15) is 13.2 Å². The fourth-order valence-corrected chi connectivity index (χ4v) is 2.37. The summed E-state index contributed by atoms with van der Waals surface area (Å²) < 4.78 is 37.8. The lowest BCUT2D eigenvalue weighted by atomic mass is 10.0. The Morgan fingerprint density at radius 1 is 1.39 bits per heavy atom. The third-order valence-electron chi connectivity index (χ3n) is 3.28. The smallest absolute Gasteiger partial charge is 0.347 e. The molecule has 6 heteroatoms. The largest absolute Gasteiger partial charge is 0.417 e. The van der Waals surface area contributed by atoms with Crippen LogP contribution in [0.4, 0.5) is 19.0 Å². The van der Waals surface area contributed by atoms with Crippen LogP contribution in [0.25, 0.3) is 6.08 Å². The molecule has 0 aromatic carbocycles. The van der Waals surface area contributed by atoms with E-state index in [2.05, 4.69) is 10.3 Å². The highest BCUT2D eigenvalue weighted by atomic mass is 19.4. The number of fused-ring (bicyclic) bond motifs is 3. The number of rotatable bonds is 0. The fraction of sp³-hybridized carbons (Fsp3) is 0.417. The lowest BCUT2D eigenvalue weighted by Gasteiger charge is -2.38. The van der Waals surface area contributed by atoms with Crippen molar-refractivity contribution in [2.24, 2.45) is 0 Å². The van der Waals surface area contributed by atoms with Crippen molar-refractivity contribution < 1.29 is 13.2 Å². The average molecular weight is 255 g/mol. The molecule has 3 heterocycles. The molecule has 1 unspecified atom stereocenters. The third-order valence-corrected chi connectivity index (χ3v) is 3.28. The van der Waals surface area contributed by atoms with Crippen molar-refractivity contribution in [3.63, 3.8) is 0 Å². The lowest BCUT2D eigenvalue weighted by molar-refractivity contribution is -0.137. The topological polar surface area (TPSA) is 28.2 Å². The van der Waals surface area contributed by atoms with Crippen molar-refractivity contribution in [3.05, 3.63) is 29.5 Å². The van der Waals surface area contributed by atoms with E-state index < -0.39 is 11.7 Å². The summed E-state index contributed by atoms with van der Waals surface area (Å²) >= 11 is 0. The number of nitrogens with one attached hydrogen (secondary N) is 1. The number of pyridine rings is 1. The predicted molar refractivity (Wildman–Crippen MR) is 62.3 cm³/mol. The number of hydrogen-bond donors (Lipinski definition) is 1. The van der Waals surface area contributed by atoms with Gasteiger partial charge in [0.1, 0.15) is 5.82 Å². The Kier molecular flexibility index (Phi) is 2.55. The normalized spacial score (nSPS) is 22.6. The van der Waals surface area contributed by atoms with Crippen LogP contribution in [0.15, 0.2) is 18.3 Å². The molecular formula is C12H12F3N3. The standard InChI is InChI=1S/C12H12F3N3/c13-12(14,15)9-5-8-1-2-10-7-16-3-4-18(10)11(8)17-6-9/h1-2,5-6,10,16H,3-4,7H2. The van der Waals surface area contributed by atoms with E-state index in [0.29, 0.717) is 11.4 Å². The van der Waals surface area contributed by atoms with E-state index in [-0.39, 0.29) is 6.04 Å². The van der Waals surface area contributed by atoms with E-state index in [4.69, 9.17) is 0 Å². The van der Waals surface area contributed by atoms with E-state index in [1.807, 2.05) is 11.0 Å². The van der Waals surface area contributed by atoms with E-state index in [1.54, 1.807) is 6.08 Å². The molecular weight excluding hydrogens is 243 g/mol. The molecule has 1 N–H and O–H groups in total. The maximum absolute atomic E-state index is 12.6. The summed E-state index contributed by atoms with van der Waals surface area (Å²) in [5.41, 5.74) is -0.151. The minimum atomic E-state index is -4.34. The van der Waals surface area contributed by atoms with Gasteiger partial charge in [0.15, 0.2) is 0 Å². The van der Waals surface area contributed by atoms with Gasteiger partial charge < -0.3 is 10.2 Å². The molecule has 2 aliphatic rings. The summed E-state index contributed by atoms with van der Waals surface area (Å²) in [6.45, 7) is 2.39. The van der Waals surface area contributed by atoms with Crippen LogP contribution in [-0.2, 0) is 6.18 Å². The monoisotopic (exact) mass is 255 g/mol. The first-order valence-corrected chi connectivity index (χ1v) is 5.78. The van der Waals surface area contributed by atoms with E-state index in [0.717, 1.165) is 31.9 Å². The van der Waals surface area contributed by atoms with Crippen LogP contribution in [0.1, 0.15) is 11.1 Å². The quantitative estimate of drug-likeness (QED) is 0.767. The summed E-state index contributed by atoms with van der Waals surface area (Å²) in [5, 5.41) is 3.25. The highest BCUT2D eigenvalue weighted by molar-refractivity contribution is 5.70.